The van der Waals surface area contributed by atoms with Crippen LogP contribution < -0.4 is 10.1 Å². The van der Waals surface area contributed by atoms with E-state index in [0.29, 0.717) is 5.56 Å². The van der Waals surface area contributed by atoms with Crippen molar-refractivity contribution in [2.24, 2.45) is 0 Å². The van der Waals surface area contributed by atoms with Crippen LogP contribution in [0.3, 0.4) is 0 Å². The quantitative estimate of drug-likeness (QED) is 0.819. The molecular formula is C13H18FNO3. The molecule has 1 rings (SSSR count). The van der Waals surface area contributed by atoms with Crippen molar-refractivity contribution in [1.82, 2.24) is 5.32 Å². The van der Waals surface area contributed by atoms with Gasteiger partial charge in [-0.05, 0) is 26.5 Å². The van der Waals surface area contributed by atoms with Crippen molar-refractivity contribution in [1.29, 1.82) is 0 Å². The molecule has 0 radical (unpaired) electrons. The van der Waals surface area contributed by atoms with Crippen LogP contribution in [-0.2, 0) is 4.79 Å². The van der Waals surface area contributed by atoms with Crippen molar-refractivity contribution in [3.63, 3.8) is 0 Å². The van der Waals surface area contributed by atoms with Gasteiger partial charge in [-0.1, -0.05) is 13.0 Å². The number of nitrogens with one attached hydrogen (secondary N) is 1. The lowest BCUT2D eigenvalue weighted by Gasteiger charge is -2.15. The van der Waals surface area contributed by atoms with E-state index < -0.39 is 17.9 Å². The van der Waals surface area contributed by atoms with Crippen LogP contribution in [0.5, 0.6) is 5.75 Å². The highest BCUT2D eigenvalue weighted by atomic mass is 19.1. The van der Waals surface area contributed by atoms with Gasteiger partial charge in [0.1, 0.15) is 11.6 Å². The van der Waals surface area contributed by atoms with Gasteiger partial charge in [0.15, 0.2) is 6.10 Å². The Bertz CT molecular complexity index is 423. The number of hydrogen-bond acceptors (Lipinski definition) is 3. The Morgan fingerprint density at radius 2 is 2.17 bits per heavy atom. The molecule has 1 aromatic rings. The van der Waals surface area contributed by atoms with E-state index in [4.69, 9.17) is 9.84 Å². The fourth-order valence-electron chi connectivity index (χ4n) is 1.60. The number of carboxylic acid groups (broad SMARTS) is 1. The second-order valence-corrected chi connectivity index (χ2v) is 4.06. The van der Waals surface area contributed by atoms with E-state index in [9.17, 15) is 9.18 Å². The van der Waals surface area contributed by atoms with Crippen molar-refractivity contribution in [2.75, 3.05) is 6.54 Å². The molecule has 2 N–H and O–H groups in total. The van der Waals surface area contributed by atoms with Crippen molar-refractivity contribution in [3.8, 4) is 5.75 Å². The number of hydrogen-bond donors (Lipinski definition) is 2. The number of carbonyl (C=O) groups is 1. The van der Waals surface area contributed by atoms with Gasteiger partial charge in [0.05, 0.1) is 0 Å². The SMILES string of the molecule is CCNC(C)c1ccc(OC(C)C(=O)O)cc1F. The average Bonchev–Trinajstić information content (AvgIpc) is 2.29. The molecule has 0 fully saturated rings. The van der Waals surface area contributed by atoms with Gasteiger partial charge in [0.25, 0.3) is 0 Å². The van der Waals surface area contributed by atoms with Crippen LogP contribution in [0.25, 0.3) is 0 Å². The number of aliphatic carboxylic acids is 1. The van der Waals surface area contributed by atoms with Gasteiger partial charge in [-0.15, -0.1) is 0 Å². The molecule has 4 nitrogen and oxygen atoms in total. The predicted molar refractivity (Wildman–Crippen MR) is 66.2 cm³/mol. The minimum Gasteiger partial charge on any atom is -0.479 e. The third-order valence-corrected chi connectivity index (χ3v) is 2.61. The summed E-state index contributed by atoms with van der Waals surface area (Å²) < 4.78 is 18.9. The Morgan fingerprint density at radius 1 is 1.50 bits per heavy atom. The maximum atomic E-state index is 13.8. The summed E-state index contributed by atoms with van der Waals surface area (Å²) in [6.07, 6.45) is -0.999. The van der Waals surface area contributed by atoms with Crippen molar-refractivity contribution in [3.05, 3.63) is 29.6 Å². The van der Waals surface area contributed by atoms with Gasteiger partial charge in [-0.3, -0.25) is 0 Å². The van der Waals surface area contributed by atoms with E-state index in [0.717, 1.165) is 6.54 Å². The Balaban J connectivity index is 2.82. The third-order valence-electron chi connectivity index (χ3n) is 2.61. The second-order valence-electron chi connectivity index (χ2n) is 4.06. The van der Waals surface area contributed by atoms with Crippen molar-refractivity contribution >= 4 is 5.97 Å². The second kappa shape index (κ2) is 6.35. The smallest absolute Gasteiger partial charge is 0.344 e. The molecular weight excluding hydrogens is 237 g/mol. The molecule has 0 aromatic heterocycles. The van der Waals surface area contributed by atoms with Crippen LogP contribution in [0.4, 0.5) is 4.39 Å². The van der Waals surface area contributed by atoms with Gasteiger partial charge in [-0.2, -0.15) is 0 Å². The fourth-order valence-corrected chi connectivity index (χ4v) is 1.60. The summed E-state index contributed by atoms with van der Waals surface area (Å²) in [6, 6.07) is 4.29. The zero-order chi connectivity index (χ0) is 13.7. The van der Waals surface area contributed by atoms with Gasteiger partial charge in [-0.25, -0.2) is 9.18 Å². The minimum absolute atomic E-state index is 0.0963. The molecule has 2 atom stereocenters. The molecule has 0 amide bonds. The largest absolute Gasteiger partial charge is 0.479 e. The lowest BCUT2D eigenvalue weighted by Crippen LogP contribution is -2.23. The van der Waals surface area contributed by atoms with Crippen LogP contribution >= 0.6 is 0 Å². The normalized spacial score (nSPS) is 14.0. The first-order chi connectivity index (χ1) is 8.45. The lowest BCUT2D eigenvalue weighted by molar-refractivity contribution is -0.144. The standard InChI is InChI=1S/C13H18FNO3/c1-4-15-8(2)11-6-5-10(7-12(11)14)18-9(3)13(16)17/h5-9,15H,4H2,1-3H3,(H,16,17). The maximum absolute atomic E-state index is 13.8. The zero-order valence-electron chi connectivity index (χ0n) is 10.7. The molecule has 2 unspecified atom stereocenters. The highest BCUT2D eigenvalue weighted by Crippen LogP contribution is 2.22. The third kappa shape index (κ3) is 3.70. The van der Waals surface area contributed by atoms with E-state index >= 15 is 0 Å². The monoisotopic (exact) mass is 255 g/mol. The van der Waals surface area contributed by atoms with Gasteiger partial charge in [0.2, 0.25) is 0 Å². The first-order valence-corrected chi connectivity index (χ1v) is 5.88. The number of halogens is 1. The minimum atomic E-state index is -1.08. The molecule has 0 bridgehead atoms. The molecule has 5 heteroatoms. The number of rotatable bonds is 6. The first-order valence-electron chi connectivity index (χ1n) is 5.88. The van der Waals surface area contributed by atoms with Crippen LogP contribution in [0.2, 0.25) is 0 Å². The molecule has 0 aliphatic heterocycles. The van der Waals surface area contributed by atoms with Crippen LogP contribution in [0, 0.1) is 5.82 Å². The highest BCUT2D eigenvalue weighted by Gasteiger charge is 2.15. The van der Waals surface area contributed by atoms with Crippen LogP contribution in [-0.4, -0.2) is 23.7 Å². The average molecular weight is 255 g/mol. The lowest BCUT2D eigenvalue weighted by atomic mass is 10.1. The van der Waals surface area contributed by atoms with E-state index in [-0.39, 0.29) is 11.8 Å². The molecule has 0 saturated heterocycles. The summed E-state index contributed by atoms with van der Waals surface area (Å²) in [6.45, 7) is 5.95. The van der Waals surface area contributed by atoms with Crippen molar-refractivity contribution < 1.29 is 19.0 Å². The Kier molecular flexibility index (Phi) is 5.09. The molecule has 0 aliphatic rings. The Labute approximate surface area is 106 Å². The predicted octanol–water partition coefficient (Wildman–Crippen LogP) is 2.35. The number of carboxylic acids is 1. The zero-order valence-corrected chi connectivity index (χ0v) is 10.7. The van der Waals surface area contributed by atoms with E-state index in [1.54, 1.807) is 12.1 Å². The van der Waals surface area contributed by atoms with Crippen LogP contribution in [0.1, 0.15) is 32.4 Å². The van der Waals surface area contributed by atoms with E-state index in [1.165, 1.54) is 13.0 Å². The molecule has 1 aromatic carbocycles. The maximum Gasteiger partial charge on any atom is 0.344 e. The highest BCUT2D eigenvalue weighted by molar-refractivity contribution is 5.72. The van der Waals surface area contributed by atoms with Gasteiger partial charge in [0, 0.05) is 17.7 Å². The summed E-state index contributed by atoms with van der Waals surface area (Å²) >= 11 is 0. The summed E-state index contributed by atoms with van der Waals surface area (Å²) in [5.41, 5.74) is 0.534. The molecule has 0 heterocycles. The summed E-state index contributed by atoms with van der Waals surface area (Å²) in [5.74, 6) is -1.27. The molecule has 0 spiro atoms. The Morgan fingerprint density at radius 3 is 2.67 bits per heavy atom. The van der Waals surface area contributed by atoms with Crippen molar-refractivity contribution in [2.45, 2.75) is 32.9 Å². The number of benzene rings is 1. The summed E-state index contributed by atoms with van der Waals surface area (Å²) in [7, 11) is 0. The van der Waals surface area contributed by atoms with Gasteiger partial charge < -0.3 is 15.2 Å². The molecule has 18 heavy (non-hydrogen) atoms. The summed E-state index contributed by atoms with van der Waals surface area (Å²) in [5, 5.41) is 11.8. The molecule has 0 aliphatic carbocycles. The Hall–Kier alpha value is -1.62. The molecule has 0 saturated carbocycles. The molecule has 100 valence electrons. The number of ether oxygens (including phenoxy) is 1. The fraction of sp³-hybridized carbons (Fsp3) is 0.462. The van der Waals surface area contributed by atoms with Gasteiger partial charge >= 0.3 is 5.97 Å². The first kappa shape index (κ1) is 14.4. The van der Waals surface area contributed by atoms with E-state index in [2.05, 4.69) is 5.32 Å². The van der Waals surface area contributed by atoms with Crippen LogP contribution in [0.15, 0.2) is 18.2 Å². The van der Waals surface area contributed by atoms with E-state index in [1.807, 2.05) is 13.8 Å². The summed E-state index contributed by atoms with van der Waals surface area (Å²) in [4.78, 5) is 10.6. The topological polar surface area (TPSA) is 58.6 Å².